The summed E-state index contributed by atoms with van der Waals surface area (Å²) < 4.78 is 0. The summed E-state index contributed by atoms with van der Waals surface area (Å²) in [5.41, 5.74) is 5.71. The van der Waals surface area contributed by atoms with Crippen molar-refractivity contribution in [2.75, 3.05) is 0 Å². The Hall–Kier alpha value is -1.57. The smallest absolute Gasteiger partial charge is 0.244 e. The van der Waals surface area contributed by atoms with E-state index in [4.69, 9.17) is 5.73 Å². The van der Waals surface area contributed by atoms with E-state index in [1.807, 2.05) is 24.3 Å². The lowest BCUT2D eigenvalue weighted by atomic mass is 10.0. The molecule has 0 aliphatic rings. The van der Waals surface area contributed by atoms with E-state index >= 15 is 0 Å². The van der Waals surface area contributed by atoms with Gasteiger partial charge < -0.3 is 5.73 Å². The molecule has 0 aromatic heterocycles. The van der Waals surface area contributed by atoms with E-state index < -0.39 is 0 Å². The van der Waals surface area contributed by atoms with Crippen LogP contribution in [0.15, 0.2) is 48.1 Å². The number of carbonyl (C=O) groups is 1. The number of unbranched alkanes of at least 4 members (excludes halogenated alkanes) is 12. The molecule has 0 aromatic carbocycles. The lowest BCUT2D eigenvalue weighted by Gasteiger charge is -2.02. The van der Waals surface area contributed by atoms with Crippen molar-refractivity contribution in [3.8, 4) is 0 Å². The second kappa shape index (κ2) is 19.8. The van der Waals surface area contributed by atoms with Crippen molar-refractivity contribution in [2.24, 2.45) is 5.73 Å². The molecule has 0 fully saturated rings. The molecule has 0 atom stereocenters. The monoisotopic (exact) mass is 359 g/mol. The fourth-order valence-electron chi connectivity index (χ4n) is 2.75. The van der Waals surface area contributed by atoms with Gasteiger partial charge in [-0.1, -0.05) is 120 Å². The highest BCUT2D eigenvalue weighted by Crippen LogP contribution is 2.12. The van der Waals surface area contributed by atoms with Crippen LogP contribution in [-0.2, 0) is 4.79 Å². The number of amides is 1. The zero-order valence-electron chi connectivity index (χ0n) is 17.2. The molecule has 0 spiro atoms. The van der Waals surface area contributed by atoms with Gasteiger partial charge in [-0.3, -0.25) is 4.79 Å². The summed E-state index contributed by atoms with van der Waals surface area (Å²) in [6.07, 6.45) is 31.7. The zero-order valence-corrected chi connectivity index (χ0v) is 17.2. The van der Waals surface area contributed by atoms with Crippen LogP contribution in [-0.4, -0.2) is 5.91 Å². The third-order valence-electron chi connectivity index (χ3n) is 4.54. The first-order valence-corrected chi connectivity index (χ1v) is 10.6. The van der Waals surface area contributed by atoms with E-state index in [1.54, 1.807) is 13.0 Å². The molecular weight excluding hydrogens is 318 g/mol. The Morgan fingerprint density at radius 1 is 0.692 bits per heavy atom. The molecule has 0 aliphatic carbocycles. The molecular formula is C24H41NO. The van der Waals surface area contributed by atoms with Crippen LogP contribution in [0.4, 0.5) is 0 Å². The van der Waals surface area contributed by atoms with E-state index in [0.29, 0.717) is 5.57 Å². The predicted molar refractivity (Wildman–Crippen MR) is 116 cm³/mol. The van der Waals surface area contributed by atoms with E-state index in [0.717, 1.165) is 6.42 Å². The van der Waals surface area contributed by atoms with Gasteiger partial charge in [-0.2, -0.15) is 0 Å². The Bertz CT molecular complexity index is 443. The molecule has 26 heavy (non-hydrogen) atoms. The summed E-state index contributed by atoms with van der Waals surface area (Å²) in [7, 11) is 0. The largest absolute Gasteiger partial charge is 0.366 e. The topological polar surface area (TPSA) is 43.1 Å². The number of hydrogen-bond donors (Lipinski definition) is 1. The molecule has 0 unspecified atom stereocenters. The lowest BCUT2D eigenvalue weighted by Crippen LogP contribution is -2.11. The van der Waals surface area contributed by atoms with Crippen LogP contribution in [0, 0.1) is 0 Å². The van der Waals surface area contributed by atoms with Crippen molar-refractivity contribution in [3.63, 3.8) is 0 Å². The number of nitrogens with two attached hydrogens (primary N) is 1. The molecule has 0 radical (unpaired) electrons. The van der Waals surface area contributed by atoms with E-state index in [1.165, 1.54) is 77.0 Å². The fraction of sp³-hybridized carbons (Fsp3) is 0.625. The molecule has 0 heterocycles. The predicted octanol–water partition coefficient (Wildman–Crippen LogP) is 7.18. The number of primary amides is 1. The molecule has 0 rings (SSSR count). The van der Waals surface area contributed by atoms with Gasteiger partial charge in [0.25, 0.3) is 0 Å². The second-order valence-electron chi connectivity index (χ2n) is 7.09. The molecule has 0 saturated carbocycles. The van der Waals surface area contributed by atoms with Gasteiger partial charge in [0.15, 0.2) is 0 Å². The van der Waals surface area contributed by atoms with Crippen molar-refractivity contribution >= 4 is 5.91 Å². The molecule has 0 aliphatic heterocycles. The van der Waals surface area contributed by atoms with Crippen molar-refractivity contribution in [3.05, 3.63) is 48.1 Å². The first-order valence-electron chi connectivity index (χ1n) is 10.6. The van der Waals surface area contributed by atoms with Crippen molar-refractivity contribution in [1.82, 2.24) is 0 Å². The van der Waals surface area contributed by atoms with Gasteiger partial charge in [-0.25, -0.2) is 0 Å². The maximum absolute atomic E-state index is 10.8. The number of carbonyl (C=O) groups excluding carboxylic acids is 1. The highest BCUT2D eigenvalue weighted by molar-refractivity contribution is 5.91. The number of allylic oxidation sites excluding steroid dienone is 7. The Kier molecular flexibility index (Phi) is 18.6. The van der Waals surface area contributed by atoms with Gasteiger partial charge in [0.2, 0.25) is 5.91 Å². The van der Waals surface area contributed by atoms with Crippen LogP contribution in [0.5, 0.6) is 0 Å². The summed E-state index contributed by atoms with van der Waals surface area (Å²) in [5, 5.41) is 0. The van der Waals surface area contributed by atoms with Crippen LogP contribution in [0.3, 0.4) is 0 Å². The quantitative estimate of drug-likeness (QED) is 0.167. The minimum atomic E-state index is -0.374. The summed E-state index contributed by atoms with van der Waals surface area (Å²) in [6, 6.07) is 0. The van der Waals surface area contributed by atoms with Gasteiger partial charge in [0.1, 0.15) is 0 Å². The van der Waals surface area contributed by atoms with Crippen molar-refractivity contribution in [1.29, 1.82) is 0 Å². The first-order chi connectivity index (χ1) is 12.7. The summed E-state index contributed by atoms with van der Waals surface area (Å²) in [4.78, 5) is 10.8. The minimum Gasteiger partial charge on any atom is -0.366 e. The van der Waals surface area contributed by atoms with E-state index in [9.17, 15) is 4.79 Å². The average molecular weight is 360 g/mol. The van der Waals surface area contributed by atoms with Crippen LogP contribution < -0.4 is 5.73 Å². The number of hydrogen-bond acceptors (Lipinski definition) is 1. The second-order valence-corrected chi connectivity index (χ2v) is 7.09. The summed E-state index contributed by atoms with van der Waals surface area (Å²) in [5.74, 6) is -0.374. The van der Waals surface area contributed by atoms with Crippen LogP contribution in [0.1, 0.15) is 97.3 Å². The highest BCUT2D eigenvalue weighted by atomic mass is 16.1. The van der Waals surface area contributed by atoms with Gasteiger partial charge in [-0.05, 0) is 19.8 Å². The Labute approximate surface area is 162 Å². The van der Waals surface area contributed by atoms with Crippen molar-refractivity contribution < 1.29 is 4.79 Å². The lowest BCUT2D eigenvalue weighted by molar-refractivity contribution is -0.114. The van der Waals surface area contributed by atoms with Gasteiger partial charge in [-0.15, -0.1) is 0 Å². The van der Waals surface area contributed by atoms with Crippen LogP contribution in [0.2, 0.25) is 0 Å². The Morgan fingerprint density at radius 2 is 1.15 bits per heavy atom. The Balaban J connectivity index is 3.38. The molecule has 2 nitrogen and oxygen atoms in total. The highest BCUT2D eigenvalue weighted by Gasteiger charge is 1.93. The fourth-order valence-corrected chi connectivity index (χ4v) is 2.75. The van der Waals surface area contributed by atoms with Crippen molar-refractivity contribution in [2.45, 2.75) is 97.3 Å². The minimum absolute atomic E-state index is 0.374. The molecule has 148 valence electrons. The maximum atomic E-state index is 10.8. The zero-order chi connectivity index (χ0) is 19.3. The summed E-state index contributed by atoms with van der Waals surface area (Å²) in [6.45, 7) is 3.99. The van der Waals surface area contributed by atoms with Crippen LogP contribution >= 0.6 is 0 Å². The van der Waals surface area contributed by atoms with Gasteiger partial charge >= 0.3 is 0 Å². The third kappa shape index (κ3) is 18.8. The third-order valence-corrected chi connectivity index (χ3v) is 4.54. The molecule has 0 bridgehead atoms. The first kappa shape index (κ1) is 24.4. The maximum Gasteiger partial charge on any atom is 0.244 e. The Morgan fingerprint density at radius 3 is 1.69 bits per heavy atom. The molecule has 2 N–H and O–H groups in total. The molecule has 2 heteroatoms. The molecule has 1 amide bonds. The van der Waals surface area contributed by atoms with Gasteiger partial charge in [0, 0.05) is 5.57 Å². The standard InChI is InChI=1S/C24H41NO/c1-3-4-5-6-7-8-9-10-11-12-13-14-15-16-17-18-19-20-21-22-23(2)24(25)26/h16-22H,3-15H2,1-2H3,(H2,25,26). The number of rotatable bonds is 17. The average Bonchev–Trinajstić information content (AvgIpc) is 2.63. The van der Waals surface area contributed by atoms with E-state index in [2.05, 4.69) is 19.1 Å². The summed E-state index contributed by atoms with van der Waals surface area (Å²) >= 11 is 0. The van der Waals surface area contributed by atoms with Crippen LogP contribution in [0.25, 0.3) is 0 Å². The van der Waals surface area contributed by atoms with Gasteiger partial charge in [0.05, 0.1) is 0 Å². The SMILES string of the molecule is CCCCCCCCCCCCCCC=CC=CC=CC=C(C)C(N)=O. The van der Waals surface area contributed by atoms with E-state index in [-0.39, 0.29) is 5.91 Å². The molecule has 0 saturated heterocycles. The molecule has 0 aromatic rings. The normalized spacial score (nSPS) is 12.8.